The van der Waals surface area contributed by atoms with Crippen LogP contribution in [0.5, 0.6) is 0 Å². The summed E-state index contributed by atoms with van der Waals surface area (Å²) in [5.41, 5.74) is 8.62. The molecule has 6 heteroatoms. The molecule has 2 aliphatic carbocycles. The number of rotatable bonds is 2. The lowest BCUT2D eigenvalue weighted by Gasteiger charge is -2.27. The van der Waals surface area contributed by atoms with Crippen LogP contribution in [0.1, 0.15) is 26.0 Å². The van der Waals surface area contributed by atoms with E-state index in [0.29, 0.717) is 5.92 Å². The number of aryl methyl sites for hydroxylation is 1. The van der Waals surface area contributed by atoms with Crippen molar-refractivity contribution >= 4 is 22.8 Å². The molecule has 6 nitrogen and oxygen atoms in total. The van der Waals surface area contributed by atoms with Gasteiger partial charge in [0.25, 0.3) is 0 Å². The van der Waals surface area contributed by atoms with Crippen molar-refractivity contribution in [3.63, 3.8) is 0 Å². The van der Waals surface area contributed by atoms with Crippen molar-refractivity contribution in [1.29, 1.82) is 0 Å². The smallest absolute Gasteiger partial charge is 0.227 e. The summed E-state index contributed by atoms with van der Waals surface area (Å²) < 4.78 is 7.54. The number of ether oxygens (including phenoxy) is 1. The molecule has 1 aliphatic heterocycles. The Bertz CT molecular complexity index is 898. The van der Waals surface area contributed by atoms with Gasteiger partial charge in [-0.1, -0.05) is 13.8 Å². The van der Waals surface area contributed by atoms with E-state index in [1.807, 2.05) is 33.2 Å². The number of aromatic nitrogens is 4. The molecule has 0 N–H and O–H groups in total. The predicted molar refractivity (Wildman–Crippen MR) is 98.4 cm³/mol. The summed E-state index contributed by atoms with van der Waals surface area (Å²) in [7, 11) is 0. The molecule has 5 rings (SSSR count). The third kappa shape index (κ3) is 2.77. The molecule has 0 bridgehead atoms. The van der Waals surface area contributed by atoms with Gasteiger partial charge in [0, 0.05) is 24.7 Å². The van der Waals surface area contributed by atoms with Crippen LogP contribution in [0, 0.1) is 12.8 Å². The fourth-order valence-corrected chi connectivity index (χ4v) is 3.32. The minimum Gasteiger partial charge on any atom is -0.378 e. The van der Waals surface area contributed by atoms with Gasteiger partial charge in [-0.05, 0) is 31.1 Å². The first-order valence-corrected chi connectivity index (χ1v) is 9.01. The first kappa shape index (κ1) is 16.1. The van der Waals surface area contributed by atoms with Crippen LogP contribution >= 0.6 is 0 Å². The molecular weight excluding hydrogens is 314 g/mol. The SMILES string of the molecule is CC.Cc1nc(N2CCOCC2)nc2c1ncn2C1=CC=C=C2CC21. The molecule has 1 unspecified atom stereocenters. The largest absolute Gasteiger partial charge is 0.378 e. The quantitative estimate of drug-likeness (QED) is 0.789. The molecule has 2 aromatic heterocycles. The molecule has 0 amide bonds. The van der Waals surface area contributed by atoms with E-state index in [9.17, 15) is 0 Å². The summed E-state index contributed by atoms with van der Waals surface area (Å²) >= 11 is 0. The molecule has 2 aromatic rings. The van der Waals surface area contributed by atoms with Gasteiger partial charge in [-0.25, -0.2) is 9.97 Å². The third-order valence-corrected chi connectivity index (χ3v) is 4.70. The topological polar surface area (TPSA) is 56.1 Å². The van der Waals surface area contributed by atoms with Crippen molar-refractivity contribution in [1.82, 2.24) is 19.5 Å². The average molecular weight is 337 g/mol. The van der Waals surface area contributed by atoms with Gasteiger partial charge in [-0.15, -0.1) is 5.73 Å². The van der Waals surface area contributed by atoms with Crippen LogP contribution in [-0.2, 0) is 4.74 Å². The van der Waals surface area contributed by atoms with Gasteiger partial charge >= 0.3 is 0 Å². The lowest BCUT2D eigenvalue weighted by Crippen LogP contribution is -2.37. The standard InChI is InChI=1S/C17H17N5O.C2H6/c1-11-15-16(20-17(19-11)21-5-7-23-8-6-21)22(10-18-15)14-4-2-3-12-9-13(12)14;1-2/h2,4,10,13H,5-9H2,1H3;1-2H3. The zero-order valence-corrected chi connectivity index (χ0v) is 15.0. The summed E-state index contributed by atoms with van der Waals surface area (Å²) in [5.74, 6) is 1.26. The van der Waals surface area contributed by atoms with Crippen LogP contribution in [0.25, 0.3) is 16.9 Å². The van der Waals surface area contributed by atoms with Gasteiger partial charge in [0.05, 0.1) is 18.9 Å². The zero-order valence-electron chi connectivity index (χ0n) is 15.0. The Kier molecular flexibility index (Phi) is 4.15. The van der Waals surface area contributed by atoms with Gasteiger partial charge in [-0.2, -0.15) is 4.98 Å². The first-order valence-electron chi connectivity index (χ1n) is 9.01. The lowest BCUT2D eigenvalue weighted by atomic mass is 10.2. The minimum absolute atomic E-state index is 0.486. The van der Waals surface area contributed by atoms with Crippen LogP contribution in [-0.4, -0.2) is 45.8 Å². The van der Waals surface area contributed by atoms with E-state index >= 15 is 0 Å². The molecule has 1 atom stereocenters. The fourth-order valence-electron chi connectivity index (χ4n) is 3.32. The van der Waals surface area contributed by atoms with Crippen molar-refractivity contribution < 1.29 is 4.74 Å². The maximum absolute atomic E-state index is 5.42. The molecule has 2 fully saturated rings. The highest BCUT2D eigenvalue weighted by atomic mass is 16.5. The second-order valence-electron chi connectivity index (χ2n) is 6.18. The molecule has 0 spiro atoms. The Morgan fingerprint density at radius 3 is 2.80 bits per heavy atom. The van der Waals surface area contributed by atoms with Gasteiger partial charge in [-0.3, -0.25) is 4.57 Å². The predicted octanol–water partition coefficient (Wildman–Crippen LogP) is 2.95. The second kappa shape index (κ2) is 6.47. The number of hydrogen-bond donors (Lipinski definition) is 0. The monoisotopic (exact) mass is 337 g/mol. The van der Waals surface area contributed by atoms with Gasteiger partial charge in [0.2, 0.25) is 5.95 Å². The molecule has 0 aromatic carbocycles. The summed E-state index contributed by atoms with van der Waals surface area (Å²) in [6, 6.07) is 0. The highest BCUT2D eigenvalue weighted by Gasteiger charge is 2.36. The third-order valence-electron chi connectivity index (χ3n) is 4.70. The number of allylic oxidation sites excluding steroid dienone is 3. The number of fused-ring (bicyclic) bond motifs is 2. The van der Waals surface area contributed by atoms with Crippen molar-refractivity contribution in [2.75, 3.05) is 31.2 Å². The zero-order chi connectivity index (χ0) is 17.4. The van der Waals surface area contributed by atoms with E-state index in [0.717, 1.165) is 55.5 Å². The Hall–Kier alpha value is -2.43. The Balaban J connectivity index is 0.000000758. The molecule has 25 heavy (non-hydrogen) atoms. The Labute approximate surface area is 147 Å². The van der Waals surface area contributed by atoms with Crippen LogP contribution in [0.3, 0.4) is 0 Å². The van der Waals surface area contributed by atoms with E-state index < -0.39 is 0 Å². The van der Waals surface area contributed by atoms with Crippen LogP contribution in [0.2, 0.25) is 0 Å². The number of hydrogen-bond acceptors (Lipinski definition) is 5. The normalized spacial score (nSPS) is 21.2. The van der Waals surface area contributed by atoms with E-state index in [1.165, 1.54) is 11.3 Å². The van der Waals surface area contributed by atoms with Gasteiger partial charge in [0.1, 0.15) is 11.8 Å². The Morgan fingerprint density at radius 1 is 1.20 bits per heavy atom. The van der Waals surface area contributed by atoms with Gasteiger partial charge in [0.15, 0.2) is 5.65 Å². The van der Waals surface area contributed by atoms with Crippen molar-refractivity contribution in [2.45, 2.75) is 27.2 Å². The summed E-state index contributed by atoms with van der Waals surface area (Å²) in [4.78, 5) is 16.2. The van der Waals surface area contributed by atoms with E-state index in [1.54, 1.807) is 0 Å². The van der Waals surface area contributed by atoms with E-state index in [2.05, 4.69) is 31.2 Å². The lowest BCUT2D eigenvalue weighted by molar-refractivity contribution is 0.122. The van der Waals surface area contributed by atoms with E-state index in [-0.39, 0.29) is 0 Å². The molecule has 3 heterocycles. The highest BCUT2D eigenvalue weighted by Crippen LogP contribution is 2.47. The number of imidazole rings is 1. The summed E-state index contributed by atoms with van der Waals surface area (Å²) in [6.07, 6.45) is 7.09. The van der Waals surface area contributed by atoms with Crippen LogP contribution in [0.15, 0.2) is 29.8 Å². The molecule has 130 valence electrons. The molecule has 3 aliphatic rings. The van der Waals surface area contributed by atoms with E-state index in [4.69, 9.17) is 9.72 Å². The molecule has 1 saturated heterocycles. The maximum Gasteiger partial charge on any atom is 0.227 e. The van der Waals surface area contributed by atoms with Crippen LogP contribution < -0.4 is 4.90 Å². The highest BCUT2D eigenvalue weighted by molar-refractivity contribution is 5.80. The summed E-state index contributed by atoms with van der Waals surface area (Å²) in [5, 5.41) is 0. The Morgan fingerprint density at radius 2 is 2.00 bits per heavy atom. The maximum atomic E-state index is 5.42. The van der Waals surface area contributed by atoms with Crippen molar-refractivity contribution in [3.05, 3.63) is 35.5 Å². The van der Waals surface area contributed by atoms with Crippen molar-refractivity contribution in [2.24, 2.45) is 5.92 Å². The minimum atomic E-state index is 0.486. The second-order valence-corrected chi connectivity index (χ2v) is 6.18. The van der Waals surface area contributed by atoms with Crippen molar-refractivity contribution in [3.8, 4) is 0 Å². The fraction of sp³-hybridized carbons (Fsp3) is 0.474. The first-order chi connectivity index (χ1) is 12.3. The molecule has 0 radical (unpaired) electrons. The van der Waals surface area contributed by atoms with Gasteiger partial charge < -0.3 is 9.64 Å². The average Bonchev–Trinajstić information content (AvgIpc) is 3.35. The number of morpholine rings is 1. The molecular formula is C19H23N5O. The van der Waals surface area contributed by atoms with Crippen LogP contribution in [0.4, 0.5) is 5.95 Å². The number of nitrogens with zero attached hydrogens (tertiary/aromatic N) is 5. The number of anilines is 1. The molecule has 1 saturated carbocycles. The summed E-state index contributed by atoms with van der Waals surface area (Å²) in [6.45, 7) is 9.13.